The Morgan fingerprint density at radius 2 is 1.79 bits per heavy atom. The van der Waals surface area contributed by atoms with Crippen molar-refractivity contribution in [2.24, 2.45) is 0 Å². The van der Waals surface area contributed by atoms with Crippen molar-refractivity contribution in [2.45, 2.75) is 20.4 Å². The smallest absolute Gasteiger partial charge is 0.132 e. The first-order valence-electron chi connectivity index (χ1n) is 6.51. The van der Waals surface area contributed by atoms with Crippen molar-refractivity contribution in [3.8, 4) is 0 Å². The van der Waals surface area contributed by atoms with E-state index in [4.69, 9.17) is 0 Å². The molecule has 0 atom stereocenters. The van der Waals surface area contributed by atoms with Gasteiger partial charge in [0.2, 0.25) is 0 Å². The van der Waals surface area contributed by atoms with E-state index in [1.165, 1.54) is 22.4 Å². The number of hydrogen-bond acceptors (Lipinski definition) is 3. The molecule has 0 unspecified atom stereocenters. The van der Waals surface area contributed by atoms with Crippen molar-refractivity contribution in [3.05, 3.63) is 53.2 Å². The number of benzene rings is 1. The van der Waals surface area contributed by atoms with Gasteiger partial charge in [-0.1, -0.05) is 6.07 Å². The zero-order valence-corrected chi connectivity index (χ0v) is 12.1. The normalized spacial score (nSPS) is 10.5. The summed E-state index contributed by atoms with van der Waals surface area (Å²) < 4.78 is 0. The summed E-state index contributed by atoms with van der Waals surface area (Å²) in [5.41, 5.74) is 4.96. The van der Waals surface area contributed by atoms with Gasteiger partial charge in [0.25, 0.3) is 0 Å². The fourth-order valence-corrected chi connectivity index (χ4v) is 2.23. The van der Waals surface area contributed by atoms with Crippen molar-refractivity contribution in [1.82, 2.24) is 10.3 Å². The highest BCUT2D eigenvalue weighted by Gasteiger charge is 2.07. The molecule has 0 aliphatic carbocycles. The third-order valence-electron chi connectivity index (χ3n) is 3.13. The number of hydrogen-bond donors (Lipinski definition) is 1. The van der Waals surface area contributed by atoms with Crippen molar-refractivity contribution < 1.29 is 0 Å². The molecule has 1 aromatic carbocycles. The monoisotopic (exact) mass is 255 g/mol. The molecular weight excluding hydrogens is 234 g/mol. The third-order valence-corrected chi connectivity index (χ3v) is 3.13. The van der Waals surface area contributed by atoms with Gasteiger partial charge in [-0.05, 0) is 61.9 Å². The van der Waals surface area contributed by atoms with Crippen molar-refractivity contribution >= 4 is 11.5 Å². The van der Waals surface area contributed by atoms with Crippen LogP contribution in [0.15, 0.2) is 36.5 Å². The molecule has 2 aromatic rings. The fourth-order valence-electron chi connectivity index (χ4n) is 2.23. The number of nitrogens with zero attached hydrogens (tertiary/aromatic N) is 2. The Balaban J connectivity index is 2.32. The molecule has 0 radical (unpaired) electrons. The van der Waals surface area contributed by atoms with Gasteiger partial charge in [-0.25, -0.2) is 4.98 Å². The van der Waals surface area contributed by atoms with E-state index in [-0.39, 0.29) is 0 Å². The quantitative estimate of drug-likeness (QED) is 0.909. The fraction of sp³-hybridized carbons (Fsp3) is 0.312. The molecule has 0 aliphatic rings. The van der Waals surface area contributed by atoms with Crippen LogP contribution >= 0.6 is 0 Å². The third kappa shape index (κ3) is 3.32. The minimum Gasteiger partial charge on any atom is -0.329 e. The van der Waals surface area contributed by atoms with Crippen LogP contribution in [-0.4, -0.2) is 19.1 Å². The summed E-state index contributed by atoms with van der Waals surface area (Å²) >= 11 is 0. The zero-order chi connectivity index (χ0) is 13.8. The first-order chi connectivity index (χ1) is 9.10. The number of nitrogens with one attached hydrogen (secondary N) is 1. The maximum atomic E-state index is 4.46. The molecule has 0 aliphatic heterocycles. The van der Waals surface area contributed by atoms with Crippen LogP contribution in [0.25, 0.3) is 0 Å². The molecular formula is C16H21N3. The van der Waals surface area contributed by atoms with E-state index in [0.717, 1.165) is 12.4 Å². The highest BCUT2D eigenvalue weighted by atomic mass is 15.2. The van der Waals surface area contributed by atoms with Crippen molar-refractivity contribution in [1.29, 1.82) is 0 Å². The molecule has 1 N–H and O–H groups in total. The van der Waals surface area contributed by atoms with Gasteiger partial charge >= 0.3 is 0 Å². The largest absolute Gasteiger partial charge is 0.329 e. The van der Waals surface area contributed by atoms with Gasteiger partial charge in [-0.3, -0.25) is 0 Å². The van der Waals surface area contributed by atoms with Crippen molar-refractivity contribution in [3.63, 3.8) is 0 Å². The molecule has 0 saturated carbocycles. The summed E-state index contributed by atoms with van der Waals surface area (Å²) in [6, 6.07) is 10.7. The summed E-state index contributed by atoms with van der Waals surface area (Å²) in [5, 5.41) is 3.16. The van der Waals surface area contributed by atoms with E-state index in [2.05, 4.69) is 60.4 Å². The predicted octanol–water partition coefficient (Wildman–Crippen LogP) is 3.19. The average Bonchev–Trinajstić information content (AvgIpc) is 2.37. The van der Waals surface area contributed by atoms with Gasteiger partial charge in [-0.2, -0.15) is 0 Å². The van der Waals surface area contributed by atoms with Gasteiger partial charge < -0.3 is 10.2 Å². The van der Waals surface area contributed by atoms with Gasteiger partial charge in [0.05, 0.1) is 0 Å². The first-order valence-corrected chi connectivity index (χ1v) is 6.51. The van der Waals surface area contributed by atoms with E-state index >= 15 is 0 Å². The lowest BCUT2D eigenvalue weighted by Gasteiger charge is -2.20. The molecule has 0 spiro atoms. The van der Waals surface area contributed by atoms with Crippen LogP contribution in [0.1, 0.15) is 16.7 Å². The number of aryl methyl sites for hydroxylation is 2. The first kappa shape index (κ1) is 13.6. The Bertz CT molecular complexity index is 543. The Labute approximate surface area is 115 Å². The number of anilines is 2. The van der Waals surface area contributed by atoms with Gasteiger partial charge in [-0.15, -0.1) is 0 Å². The number of pyridine rings is 1. The standard InChI is InChI=1S/C16H21N3/c1-12-7-13(2)9-15(8-12)19(4)16-10-14(11-17-3)5-6-18-16/h5-10,17H,11H2,1-4H3. The van der Waals surface area contributed by atoms with Crippen LogP contribution in [0, 0.1) is 13.8 Å². The SMILES string of the molecule is CNCc1ccnc(N(C)c2cc(C)cc(C)c2)c1. The average molecular weight is 255 g/mol. The van der Waals surface area contributed by atoms with Crippen LogP contribution in [0.3, 0.4) is 0 Å². The lowest BCUT2D eigenvalue weighted by molar-refractivity contribution is 0.815. The van der Waals surface area contributed by atoms with E-state index in [9.17, 15) is 0 Å². The second-order valence-corrected chi connectivity index (χ2v) is 4.96. The molecule has 1 aromatic heterocycles. The molecule has 0 bridgehead atoms. The molecule has 100 valence electrons. The Morgan fingerprint density at radius 3 is 2.42 bits per heavy atom. The summed E-state index contributed by atoms with van der Waals surface area (Å²) in [7, 11) is 4.01. The number of aromatic nitrogens is 1. The maximum Gasteiger partial charge on any atom is 0.132 e. The Kier molecular flexibility index (Phi) is 4.17. The lowest BCUT2D eigenvalue weighted by atomic mass is 10.1. The van der Waals surface area contributed by atoms with Crippen LogP contribution in [0.2, 0.25) is 0 Å². The minimum atomic E-state index is 0.857. The van der Waals surface area contributed by atoms with Gasteiger partial charge in [0.1, 0.15) is 5.82 Å². The minimum absolute atomic E-state index is 0.857. The maximum absolute atomic E-state index is 4.46. The van der Waals surface area contributed by atoms with Crippen LogP contribution < -0.4 is 10.2 Å². The summed E-state index contributed by atoms with van der Waals surface area (Å²) in [6.45, 7) is 5.10. The summed E-state index contributed by atoms with van der Waals surface area (Å²) in [6.07, 6.45) is 1.86. The van der Waals surface area contributed by atoms with E-state index in [0.29, 0.717) is 0 Å². The molecule has 3 heteroatoms. The van der Waals surface area contributed by atoms with Gasteiger partial charge in [0, 0.05) is 25.5 Å². The molecule has 1 heterocycles. The molecule has 0 fully saturated rings. The zero-order valence-electron chi connectivity index (χ0n) is 12.1. The van der Waals surface area contributed by atoms with E-state index in [1.807, 2.05) is 19.3 Å². The predicted molar refractivity (Wildman–Crippen MR) is 81.0 cm³/mol. The second kappa shape index (κ2) is 5.85. The van der Waals surface area contributed by atoms with Gasteiger partial charge in [0.15, 0.2) is 0 Å². The highest BCUT2D eigenvalue weighted by Crippen LogP contribution is 2.24. The number of rotatable bonds is 4. The van der Waals surface area contributed by atoms with Crippen LogP contribution in [0.4, 0.5) is 11.5 Å². The molecule has 19 heavy (non-hydrogen) atoms. The molecule has 3 nitrogen and oxygen atoms in total. The highest BCUT2D eigenvalue weighted by molar-refractivity contribution is 5.61. The molecule has 0 saturated heterocycles. The van der Waals surface area contributed by atoms with Crippen LogP contribution in [0.5, 0.6) is 0 Å². The summed E-state index contributed by atoms with van der Waals surface area (Å²) in [5.74, 6) is 0.970. The lowest BCUT2D eigenvalue weighted by Crippen LogP contribution is -2.13. The van der Waals surface area contributed by atoms with Crippen molar-refractivity contribution in [2.75, 3.05) is 19.0 Å². The topological polar surface area (TPSA) is 28.2 Å². The second-order valence-electron chi connectivity index (χ2n) is 4.96. The molecule has 2 rings (SSSR count). The Morgan fingerprint density at radius 1 is 1.11 bits per heavy atom. The van der Waals surface area contributed by atoms with Crippen LogP contribution in [-0.2, 0) is 6.54 Å². The van der Waals surface area contributed by atoms with E-state index < -0.39 is 0 Å². The Hall–Kier alpha value is -1.87. The molecule has 0 amide bonds. The van der Waals surface area contributed by atoms with E-state index in [1.54, 1.807) is 0 Å². The summed E-state index contributed by atoms with van der Waals surface area (Å²) in [4.78, 5) is 6.58.